The Kier molecular flexibility index (Phi) is 5.64. The Morgan fingerprint density at radius 3 is 2.80 bits per heavy atom. The lowest BCUT2D eigenvalue weighted by atomic mass is 9.92. The van der Waals surface area contributed by atoms with E-state index in [1.165, 1.54) is 31.4 Å². The van der Waals surface area contributed by atoms with Crippen molar-refractivity contribution in [2.24, 2.45) is 11.8 Å². The summed E-state index contributed by atoms with van der Waals surface area (Å²) in [6.07, 6.45) is 9.89. The molecule has 1 aromatic rings. The molecule has 4 unspecified atom stereocenters. The summed E-state index contributed by atoms with van der Waals surface area (Å²) >= 11 is 0. The average Bonchev–Trinajstić information content (AvgIpc) is 3.12. The van der Waals surface area contributed by atoms with Crippen LogP contribution < -0.4 is 5.32 Å². The highest BCUT2D eigenvalue weighted by molar-refractivity contribution is 5.03. The summed E-state index contributed by atoms with van der Waals surface area (Å²) < 4.78 is 2.12. The first-order valence-corrected chi connectivity index (χ1v) is 8.39. The van der Waals surface area contributed by atoms with Crippen LogP contribution in [0.3, 0.4) is 0 Å². The molecule has 0 aromatic carbocycles. The summed E-state index contributed by atoms with van der Waals surface area (Å²) in [4.78, 5) is 0. The second-order valence-corrected chi connectivity index (χ2v) is 6.49. The van der Waals surface area contributed by atoms with Crippen molar-refractivity contribution in [3.63, 3.8) is 0 Å². The van der Waals surface area contributed by atoms with E-state index < -0.39 is 0 Å². The van der Waals surface area contributed by atoms with Gasteiger partial charge in [-0.15, -0.1) is 0 Å². The highest BCUT2D eigenvalue weighted by atomic mass is 15.3. The van der Waals surface area contributed by atoms with Crippen LogP contribution in [0.1, 0.15) is 64.6 Å². The van der Waals surface area contributed by atoms with E-state index in [9.17, 15) is 0 Å². The Labute approximate surface area is 124 Å². The summed E-state index contributed by atoms with van der Waals surface area (Å²) in [6.45, 7) is 6.77. The molecule has 2 rings (SSSR count). The number of hydrogen-bond donors (Lipinski definition) is 1. The molecule has 1 fully saturated rings. The molecule has 0 amide bonds. The monoisotopic (exact) mass is 277 g/mol. The lowest BCUT2D eigenvalue weighted by molar-refractivity contribution is 0.357. The molecule has 3 heteroatoms. The van der Waals surface area contributed by atoms with E-state index in [1.54, 1.807) is 0 Å². The smallest absolute Gasteiger partial charge is 0.0640 e. The van der Waals surface area contributed by atoms with Crippen molar-refractivity contribution in [1.82, 2.24) is 15.1 Å². The van der Waals surface area contributed by atoms with E-state index in [0.29, 0.717) is 12.1 Å². The molecule has 114 valence electrons. The van der Waals surface area contributed by atoms with Gasteiger partial charge in [0.1, 0.15) is 0 Å². The van der Waals surface area contributed by atoms with Crippen LogP contribution >= 0.6 is 0 Å². The molecule has 1 heterocycles. The zero-order valence-corrected chi connectivity index (χ0v) is 13.6. The van der Waals surface area contributed by atoms with Crippen LogP contribution in [-0.4, -0.2) is 22.9 Å². The van der Waals surface area contributed by atoms with E-state index in [4.69, 9.17) is 5.10 Å². The van der Waals surface area contributed by atoms with Crippen LogP contribution in [0.25, 0.3) is 0 Å². The molecule has 1 aliphatic carbocycles. The largest absolute Gasteiger partial charge is 0.316 e. The Morgan fingerprint density at radius 1 is 1.40 bits per heavy atom. The van der Waals surface area contributed by atoms with E-state index >= 15 is 0 Å². The number of likely N-dealkylation sites (N-methyl/N-ethyl adjacent to an activating group) is 1. The fourth-order valence-electron chi connectivity index (χ4n) is 3.50. The second-order valence-electron chi connectivity index (χ2n) is 6.49. The van der Waals surface area contributed by atoms with Crippen molar-refractivity contribution in [1.29, 1.82) is 0 Å². The predicted molar refractivity (Wildman–Crippen MR) is 84.9 cm³/mol. The summed E-state index contributed by atoms with van der Waals surface area (Å²) in [5.74, 6) is 1.78. The van der Waals surface area contributed by atoms with E-state index in [1.807, 2.05) is 0 Å². The average molecular weight is 277 g/mol. The molecule has 0 aliphatic heterocycles. The second kappa shape index (κ2) is 7.26. The van der Waals surface area contributed by atoms with Gasteiger partial charge in [0.15, 0.2) is 0 Å². The third kappa shape index (κ3) is 3.63. The van der Waals surface area contributed by atoms with Crippen LogP contribution in [0.2, 0.25) is 0 Å². The molecule has 3 nitrogen and oxygen atoms in total. The van der Waals surface area contributed by atoms with Gasteiger partial charge in [0, 0.05) is 24.7 Å². The minimum Gasteiger partial charge on any atom is -0.316 e. The molecule has 0 bridgehead atoms. The quantitative estimate of drug-likeness (QED) is 0.821. The maximum absolute atomic E-state index is 4.76. The van der Waals surface area contributed by atoms with Crippen molar-refractivity contribution in [2.45, 2.75) is 71.4 Å². The summed E-state index contributed by atoms with van der Waals surface area (Å²) in [5, 5.41) is 8.30. The first-order chi connectivity index (χ1) is 9.67. The SMILES string of the molecule is CCC1CCC(C(Cc2ccn(C(C)CC)n2)NC)C1. The highest BCUT2D eigenvalue weighted by Gasteiger charge is 2.29. The zero-order valence-electron chi connectivity index (χ0n) is 13.6. The van der Waals surface area contributed by atoms with Crippen LogP contribution in [0.4, 0.5) is 0 Å². The van der Waals surface area contributed by atoms with Gasteiger partial charge < -0.3 is 5.32 Å². The van der Waals surface area contributed by atoms with E-state index in [-0.39, 0.29) is 0 Å². The van der Waals surface area contributed by atoms with Gasteiger partial charge in [-0.3, -0.25) is 4.68 Å². The molecule has 1 N–H and O–H groups in total. The lowest BCUT2D eigenvalue weighted by Crippen LogP contribution is -2.34. The molecule has 0 spiro atoms. The highest BCUT2D eigenvalue weighted by Crippen LogP contribution is 2.35. The number of nitrogens with zero attached hydrogens (tertiary/aromatic N) is 2. The Morgan fingerprint density at radius 2 is 2.20 bits per heavy atom. The van der Waals surface area contributed by atoms with Gasteiger partial charge in [-0.05, 0) is 51.1 Å². The Hall–Kier alpha value is -0.830. The number of aromatic nitrogens is 2. The minimum absolute atomic E-state index is 0.507. The molecule has 1 saturated carbocycles. The van der Waals surface area contributed by atoms with Gasteiger partial charge in [0.2, 0.25) is 0 Å². The predicted octanol–water partition coefficient (Wildman–Crippen LogP) is 3.81. The summed E-state index contributed by atoms with van der Waals surface area (Å²) in [7, 11) is 2.11. The zero-order chi connectivity index (χ0) is 14.5. The molecule has 4 atom stereocenters. The first-order valence-electron chi connectivity index (χ1n) is 8.39. The molecular weight excluding hydrogens is 246 g/mol. The van der Waals surface area contributed by atoms with Gasteiger partial charge in [0.25, 0.3) is 0 Å². The number of rotatable bonds is 7. The molecule has 1 aromatic heterocycles. The van der Waals surface area contributed by atoms with E-state index in [0.717, 1.165) is 24.7 Å². The maximum Gasteiger partial charge on any atom is 0.0640 e. The molecule has 1 aliphatic rings. The standard InChI is InChI=1S/C17H31N3/c1-5-13(3)20-10-9-16(19-20)12-17(18-4)15-8-7-14(6-2)11-15/h9-10,13-15,17-18H,5-8,11-12H2,1-4H3. The van der Waals surface area contributed by atoms with Crippen LogP contribution in [0, 0.1) is 11.8 Å². The third-order valence-electron chi connectivity index (χ3n) is 5.23. The maximum atomic E-state index is 4.76. The van der Waals surface area contributed by atoms with Crippen molar-refractivity contribution in [2.75, 3.05) is 7.05 Å². The molecule has 0 saturated heterocycles. The van der Waals surface area contributed by atoms with Crippen molar-refractivity contribution in [3.05, 3.63) is 18.0 Å². The third-order valence-corrected chi connectivity index (χ3v) is 5.23. The van der Waals surface area contributed by atoms with Gasteiger partial charge in [-0.2, -0.15) is 5.10 Å². The topological polar surface area (TPSA) is 29.9 Å². The van der Waals surface area contributed by atoms with Crippen molar-refractivity contribution in [3.8, 4) is 0 Å². The van der Waals surface area contributed by atoms with Crippen molar-refractivity contribution < 1.29 is 0 Å². The van der Waals surface area contributed by atoms with Gasteiger partial charge in [-0.1, -0.05) is 26.7 Å². The van der Waals surface area contributed by atoms with Gasteiger partial charge in [0.05, 0.1) is 5.69 Å². The van der Waals surface area contributed by atoms with E-state index in [2.05, 4.69) is 50.1 Å². The fraction of sp³-hybridized carbons (Fsp3) is 0.824. The Balaban J connectivity index is 1.94. The molecular formula is C17H31N3. The first kappa shape index (κ1) is 15.6. The number of hydrogen-bond acceptors (Lipinski definition) is 2. The molecule has 0 radical (unpaired) electrons. The summed E-state index contributed by atoms with van der Waals surface area (Å²) in [6, 6.07) is 3.29. The lowest BCUT2D eigenvalue weighted by Gasteiger charge is -2.22. The molecule has 20 heavy (non-hydrogen) atoms. The van der Waals surface area contributed by atoms with Crippen LogP contribution in [0.15, 0.2) is 12.3 Å². The van der Waals surface area contributed by atoms with Crippen LogP contribution in [-0.2, 0) is 6.42 Å². The normalized spacial score (nSPS) is 25.8. The van der Waals surface area contributed by atoms with Crippen LogP contribution in [0.5, 0.6) is 0 Å². The fourth-order valence-corrected chi connectivity index (χ4v) is 3.50. The minimum atomic E-state index is 0.507. The van der Waals surface area contributed by atoms with Gasteiger partial charge >= 0.3 is 0 Å². The van der Waals surface area contributed by atoms with Crippen molar-refractivity contribution >= 4 is 0 Å². The number of nitrogens with one attached hydrogen (secondary N) is 1. The van der Waals surface area contributed by atoms with Gasteiger partial charge in [-0.25, -0.2) is 0 Å². The summed E-state index contributed by atoms with van der Waals surface area (Å²) in [5.41, 5.74) is 1.24. The Bertz CT molecular complexity index is 399.